The van der Waals surface area contributed by atoms with Crippen LogP contribution in [0.1, 0.15) is 85.5 Å². The Labute approximate surface area is 150 Å². The van der Waals surface area contributed by atoms with E-state index in [1.165, 1.54) is 38.1 Å². The maximum atomic E-state index is 12.7. The molecule has 0 aliphatic heterocycles. The molecule has 1 radical (unpaired) electrons. The van der Waals surface area contributed by atoms with Crippen molar-refractivity contribution in [1.82, 2.24) is 0 Å². The van der Waals surface area contributed by atoms with Crippen molar-refractivity contribution in [2.45, 2.75) is 111 Å². The molecule has 0 bridgehead atoms. The van der Waals surface area contributed by atoms with E-state index in [-0.39, 0.29) is 15.2 Å². The van der Waals surface area contributed by atoms with E-state index in [2.05, 4.69) is 33.9 Å². The van der Waals surface area contributed by atoms with Gasteiger partial charge in [0.25, 0.3) is 0 Å². The van der Waals surface area contributed by atoms with Gasteiger partial charge in [0, 0.05) is 8.80 Å². The second kappa shape index (κ2) is 11.6. The fraction of sp³-hybridized carbons (Fsp3) is 1.00. The Morgan fingerprint density at radius 3 is 1.96 bits per heavy atom. The van der Waals surface area contributed by atoms with E-state index >= 15 is 0 Å². The van der Waals surface area contributed by atoms with Gasteiger partial charge in [-0.1, -0.05) is 85.4 Å². The molecule has 0 aliphatic rings. The third-order valence-electron chi connectivity index (χ3n) is 5.10. The minimum atomic E-state index is -4.01. The topological polar surface area (TPSA) is 0 Å². The lowest BCUT2D eigenvalue weighted by Crippen LogP contribution is -2.22. The van der Waals surface area contributed by atoms with Crippen LogP contribution in [-0.2, 0) is 0 Å². The van der Waals surface area contributed by atoms with Gasteiger partial charge in [0.2, 0.25) is 0 Å². The summed E-state index contributed by atoms with van der Waals surface area (Å²) >= 11 is 0. The largest absolute Gasteiger partial charge is 0.391 e. The summed E-state index contributed by atoms with van der Waals surface area (Å²) in [4.78, 5) is 0. The Balaban J connectivity index is 3.74. The normalized spacial score (nSPS) is 15.8. The summed E-state index contributed by atoms with van der Waals surface area (Å²) in [5.41, 5.74) is 0.484. The third-order valence-corrected chi connectivity index (χ3v) is 6.76. The molecule has 24 heavy (non-hydrogen) atoms. The standard InChI is InChI=1S/C20H40F3Si/c1-7-18(20(21,22)23)14-13-17(2)12-10-8-9-11-15-19(3,4)16-24(5)6/h17-18H,7-16H2,1-6H3. The Kier molecular flexibility index (Phi) is 11.6. The van der Waals surface area contributed by atoms with Crippen molar-refractivity contribution in [3.05, 3.63) is 0 Å². The highest BCUT2D eigenvalue weighted by atomic mass is 28.3. The molecule has 0 amide bonds. The Morgan fingerprint density at radius 1 is 0.875 bits per heavy atom. The van der Waals surface area contributed by atoms with E-state index < -0.39 is 12.1 Å². The van der Waals surface area contributed by atoms with Crippen molar-refractivity contribution in [3.8, 4) is 0 Å². The van der Waals surface area contributed by atoms with E-state index in [0.717, 1.165) is 6.42 Å². The quantitative estimate of drug-likeness (QED) is 0.228. The smallest absolute Gasteiger partial charge is 0.171 e. The van der Waals surface area contributed by atoms with Crippen molar-refractivity contribution >= 4 is 8.80 Å². The molecule has 145 valence electrons. The second-order valence-corrected chi connectivity index (χ2v) is 11.6. The van der Waals surface area contributed by atoms with Crippen molar-refractivity contribution < 1.29 is 13.2 Å². The van der Waals surface area contributed by atoms with Gasteiger partial charge < -0.3 is 0 Å². The minimum absolute atomic E-state index is 0.155. The summed E-state index contributed by atoms with van der Waals surface area (Å²) < 4.78 is 38.2. The molecule has 0 aromatic rings. The SMILES string of the molecule is CCC(CCC(C)CCCCCCC(C)(C)C[Si](C)C)C(F)(F)F. The Bertz CT molecular complexity index is 310. The highest BCUT2D eigenvalue weighted by molar-refractivity contribution is 6.55. The monoisotopic (exact) mass is 365 g/mol. The number of alkyl halides is 3. The van der Waals surface area contributed by atoms with Crippen molar-refractivity contribution in [3.63, 3.8) is 0 Å². The van der Waals surface area contributed by atoms with E-state index in [1.807, 2.05) is 0 Å². The van der Waals surface area contributed by atoms with Crippen LogP contribution in [0, 0.1) is 17.3 Å². The lowest BCUT2D eigenvalue weighted by Gasteiger charge is -2.26. The number of rotatable bonds is 13. The van der Waals surface area contributed by atoms with Crippen LogP contribution in [0.15, 0.2) is 0 Å². The average molecular weight is 366 g/mol. The Morgan fingerprint density at radius 2 is 1.46 bits per heavy atom. The molecule has 2 atom stereocenters. The summed E-state index contributed by atoms with van der Waals surface area (Å²) in [7, 11) is -0.155. The van der Waals surface area contributed by atoms with Crippen molar-refractivity contribution in [1.29, 1.82) is 0 Å². The molecule has 0 rings (SSSR count). The molecule has 0 aromatic carbocycles. The van der Waals surface area contributed by atoms with Crippen molar-refractivity contribution in [2.24, 2.45) is 17.3 Å². The second-order valence-electron chi connectivity index (χ2n) is 8.83. The summed E-state index contributed by atoms with van der Waals surface area (Å²) in [5.74, 6) is -0.686. The zero-order chi connectivity index (χ0) is 18.8. The lowest BCUT2D eigenvalue weighted by molar-refractivity contribution is -0.177. The molecular formula is C20H40F3Si. The number of hydrogen-bond acceptors (Lipinski definition) is 0. The summed E-state index contributed by atoms with van der Waals surface area (Å²) in [6.45, 7) is 13.3. The van der Waals surface area contributed by atoms with Crippen LogP contribution in [0.3, 0.4) is 0 Å². The van der Waals surface area contributed by atoms with Crippen LogP contribution >= 0.6 is 0 Å². The van der Waals surface area contributed by atoms with Crippen LogP contribution in [0.25, 0.3) is 0 Å². The van der Waals surface area contributed by atoms with Gasteiger partial charge in [-0.2, -0.15) is 13.2 Å². The maximum Gasteiger partial charge on any atom is 0.391 e. The predicted octanol–water partition coefficient (Wildman–Crippen LogP) is 8.11. The van der Waals surface area contributed by atoms with Crippen molar-refractivity contribution in [2.75, 3.05) is 0 Å². The minimum Gasteiger partial charge on any atom is -0.171 e. The molecule has 0 saturated carbocycles. The molecule has 0 aliphatic carbocycles. The zero-order valence-corrected chi connectivity index (χ0v) is 17.9. The van der Waals surface area contributed by atoms with Crippen LogP contribution in [0.5, 0.6) is 0 Å². The molecule has 2 unspecified atom stereocenters. The van der Waals surface area contributed by atoms with E-state index in [1.54, 1.807) is 6.92 Å². The molecule has 0 heterocycles. The van der Waals surface area contributed by atoms with E-state index in [0.29, 0.717) is 24.2 Å². The number of halogens is 3. The molecule has 0 saturated heterocycles. The van der Waals surface area contributed by atoms with E-state index in [4.69, 9.17) is 0 Å². The molecular weight excluding hydrogens is 325 g/mol. The molecule has 0 N–H and O–H groups in total. The first kappa shape index (κ1) is 24.0. The predicted molar refractivity (Wildman–Crippen MR) is 102 cm³/mol. The highest BCUT2D eigenvalue weighted by Crippen LogP contribution is 2.34. The third kappa shape index (κ3) is 12.4. The molecule has 0 spiro atoms. The summed E-state index contributed by atoms with van der Waals surface area (Å²) in [5, 5.41) is 0. The van der Waals surface area contributed by atoms with Gasteiger partial charge in [-0.15, -0.1) is 0 Å². The molecule has 4 heteroatoms. The fourth-order valence-electron chi connectivity index (χ4n) is 3.72. The van der Waals surface area contributed by atoms with Gasteiger partial charge in [-0.25, -0.2) is 0 Å². The number of hydrogen-bond donors (Lipinski definition) is 0. The van der Waals surface area contributed by atoms with Gasteiger partial charge >= 0.3 is 6.18 Å². The van der Waals surface area contributed by atoms with Gasteiger partial charge in [0.15, 0.2) is 0 Å². The van der Waals surface area contributed by atoms with Gasteiger partial charge in [0.1, 0.15) is 0 Å². The van der Waals surface area contributed by atoms with Crippen LogP contribution < -0.4 is 0 Å². The first-order valence-corrected chi connectivity index (χ1v) is 12.5. The first-order valence-electron chi connectivity index (χ1n) is 9.83. The van der Waals surface area contributed by atoms with Crippen LogP contribution in [0.4, 0.5) is 13.2 Å². The first-order chi connectivity index (χ1) is 11.0. The molecule has 0 fully saturated rings. The van der Waals surface area contributed by atoms with Crippen LogP contribution in [0.2, 0.25) is 19.1 Å². The van der Waals surface area contributed by atoms with Gasteiger partial charge in [-0.3, -0.25) is 0 Å². The van der Waals surface area contributed by atoms with Gasteiger partial charge in [0.05, 0.1) is 5.92 Å². The van der Waals surface area contributed by atoms with Gasteiger partial charge in [-0.05, 0) is 30.6 Å². The fourth-order valence-corrected chi connectivity index (χ4v) is 5.82. The molecule has 0 aromatic heterocycles. The summed E-state index contributed by atoms with van der Waals surface area (Å²) in [6, 6.07) is 1.38. The molecule has 0 nitrogen and oxygen atoms in total. The lowest BCUT2D eigenvalue weighted by atomic mass is 9.88. The number of unbranched alkanes of at least 4 members (excludes halogenated alkanes) is 3. The van der Waals surface area contributed by atoms with E-state index in [9.17, 15) is 13.2 Å². The maximum absolute atomic E-state index is 12.7. The van der Waals surface area contributed by atoms with Crippen LogP contribution in [-0.4, -0.2) is 15.0 Å². The Hall–Kier alpha value is 0.00688. The summed E-state index contributed by atoms with van der Waals surface area (Å²) in [6.07, 6.45) is 4.55. The highest BCUT2D eigenvalue weighted by Gasteiger charge is 2.37. The zero-order valence-electron chi connectivity index (χ0n) is 16.9. The average Bonchev–Trinajstić information content (AvgIpc) is 2.40.